The zero-order valence-electron chi connectivity index (χ0n) is 9.37. The SMILES string of the molecule is Cc1ccc(C2(C3CCC3)C[C@H]2N)cc1. The Balaban J connectivity index is 1.93. The number of benzene rings is 1. The lowest BCUT2D eigenvalue weighted by molar-refractivity contribution is 0.240. The van der Waals surface area contributed by atoms with E-state index in [1.165, 1.54) is 36.8 Å². The molecule has 1 aromatic carbocycles. The third-order valence-electron chi connectivity index (χ3n) is 4.48. The summed E-state index contributed by atoms with van der Waals surface area (Å²) in [5, 5.41) is 0. The fraction of sp³-hybridized carbons (Fsp3) is 0.571. The zero-order valence-corrected chi connectivity index (χ0v) is 9.37. The van der Waals surface area contributed by atoms with E-state index in [1.54, 1.807) is 0 Å². The number of rotatable bonds is 2. The minimum Gasteiger partial charge on any atom is -0.327 e. The van der Waals surface area contributed by atoms with Crippen molar-refractivity contribution in [2.24, 2.45) is 11.7 Å². The van der Waals surface area contributed by atoms with Gasteiger partial charge in [-0.25, -0.2) is 0 Å². The minimum atomic E-state index is 0.367. The number of nitrogens with two attached hydrogens (primary N) is 1. The lowest BCUT2D eigenvalue weighted by Gasteiger charge is -2.35. The Kier molecular flexibility index (Phi) is 1.93. The van der Waals surface area contributed by atoms with E-state index >= 15 is 0 Å². The van der Waals surface area contributed by atoms with Gasteiger partial charge < -0.3 is 5.73 Å². The molecule has 0 spiro atoms. The van der Waals surface area contributed by atoms with Crippen molar-refractivity contribution in [3.8, 4) is 0 Å². The van der Waals surface area contributed by atoms with Gasteiger partial charge in [-0.2, -0.15) is 0 Å². The Morgan fingerprint density at radius 2 is 1.80 bits per heavy atom. The normalized spacial score (nSPS) is 34.9. The van der Waals surface area contributed by atoms with Gasteiger partial charge in [-0.15, -0.1) is 0 Å². The average Bonchev–Trinajstić information content (AvgIpc) is 2.76. The molecule has 2 fully saturated rings. The van der Waals surface area contributed by atoms with Crippen molar-refractivity contribution >= 4 is 0 Å². The molecule has 0 aromatic heterocycles. The highest BCUT2D eigenvalue weighted by Gasteiger charge is 2.59. The molecule has 0 heterocycles. The van der Waals surface area contributed by atoms with Crippen LogP contribution in [0.25, 0.3) is 0 Å². The molecule has 80 valence electrons. The second kappa shape index (κ2) is 3.08. The lowest BCUT2D eigenvalue weighted by atomic mass is 9.70. The fourth-order valence-corrected chi connectivity index (χ4v) is 3.13. The van der Waals surface area contributed by atoms with Gasteiger partial charge in [0, 0.05) is 11.5 Å². The maximum absolute atomic E-state index is 6.18. The van der Waals surface area contributed by atoms with Crippen molar-refractivity contribution < 1.29 is 0 Å². The molecule has 1 unspecified atom stereocenters. The van der Waals surface area contributed by atoms with Crippen molar-refractivity contribution in [2.45, 2.75) is 44.1 Å². The summed E-state index contributed by atoms with van der Waals surface area (Å²) in [5.41, 5.74) is 9.38. The second-order valence-electron chi connectivity index (χ2n) is 5.34. The summed E-state index contributed by atoms with van der Waals surface area (Å²) in [6, 6.07) is 9.45. The summed E-state index contributed by atoms with van der Waals surface area (Å²) in [7, 11) is 0. The Morgan fingerprint density at radius 3 is 2.20 bits per heavy atom. The first-order valence-electron chi connectivity index (χ1n) is 6.06. The molecule has 0 saturated heterocycles. The molecule has 2 N–H and O–H groups in total. The highest BCUT2D eigenvalue weighted by atomic mass is 14.8. The van der Waals surface area contributed by atoms with E-state index in [-0.39, 0.29) is 0 Å². The monoisotopic (exact) mass is 201 g/mol. The molecule has 0 aliphatic heterocycles. The predicted molar refractivity (Wildman–Crippen MR) is 62.8 cm³/mol. The maximum Gasteiger partial charge on any atom is 0.0149 e. The van der Waals surface area contributed by atoms with Crippen LogP contribution in [0, 0.1) is 12.8 Å². The van der Waals surface area contributed by atoms with Crippen LogP contribution in [0.1, 0.15) is 36.8 Å². The molecule has 2 saturated carbocycles. The Morgan fingerprint density at radius 1 is 1.20 bits per heavy atom. The van der Waals surface area contributed by atoms with Gasteiger partial charge in [0.05, 0.1) is 0 Å². The summed E-state index contributed by atoms with van der Waals surface area (Å²) in [5.74, 6) is 0.871. The largest absolute Gasteiger partial charge is 0.327 e. The third kappa shape index (κ3) is 1.26. The van der Waals surface area contributed by atoms with Gasteiger partial charge in [-0.3, -0.25) is 0 Å². The van der Waals surface area contributed by atoms with Gasteiger partial charge in [0.25, 0.3) is 0 Å². The molecule has 15 heavy (non-hydrogen) atoms. The molecule has 0 bridgehead atoms. The van der Waals surface area contributed by atoms with Crippen LogP contribution in [0.4, 0.5) is 0 Å². The molecule has 1 nitrogen and oxygen atoms in total. The van der Waals surface area contributed by atoms with Gasteiger partial charge in [-0.1, -0.05) is 36.2 Å². The molecule has 2 aliphatic carbocycles. The predicted octanol–water partition coefficient (Wildman–Crippen LogP) is 2.76. The standard InChI is InChI=1S/C14H19N/c1-10-5-7-12(8-6-10)14(9-13(14)15)11-3-2-4-11/h5-8,11,13H,2-4,9,15H2,1H3/t13-,14?/m1/s1. The van der Waals surface area contributed by atoms with Gasteiger partial charge in [0.15, 0.2) is 0 Å². The van der Waals surface area contributed by atoms with Crippen LogP contribution in [-0.2, 0) is 5.41 Å². The molecular formula is C14H19N. The first kappa shape index (κ1) is 9.41. The van der Waals surface area contributed by atoms with Crippen LogP contribution in [0.5, 0.6) is 0 Å². The van der Waals surface area contributed by atoms with E-state index in [0.717, 1.165) is 5.92 Å². The Bertz CT molecular complexity index is 363. The average molecular weight is 201 g/mol. The number of hydrogen-bond acceptors (Lipinski definition) is 1. The van der Waals surface area contributed by atoms with E-state index < -0.39 is 0 Å². The Labute approximate surface area is 91.7 Å². The van der Waals surface area contributed by atoms with Crippen molar-refractivity contribution in [1.82, 2.24) is 0 Å². The van der Waals surface area contributed by atoms with E-state index in [1.807, 2.05) is 0 Å². The topological polar surface area (TPSA) is 26.0 Å². The quantitative estimate of drug-likeness (QED) is 0.782. The summed E-state index contributed by atoms with van der Waals surface area (Å²) >= 11 is 0. The number of aryl methyl sites for hydroxylation is 1. The molecule has 2 aliphatic rings. The van der Waals surface area contributed by atoms with Crippen molar-refractivity contribution in [3.63, 3.8) is 0 Å². The van der Waals surface area contributed by atoms with Crippen LogP contribution in [0.2, 0.25) is 0 Å². The van der Waals surface area contributed by atoms with Gasteiger partial charge in [-0.05, 0) is 37.7 Å². The van der Waals surface area contributed by atoms with Crippen LogP contribution in [0.15, 0.2) is 24.3 Å². The van der Waals surface area contributed by atoms with E-state index in [9.17, 15) is 0 Å². The summed E-state index contributed by atoms with van der Waals surface area (Å²) in [6.45, 7) is 2.15. The van der Waals surface area contributed by atoms with Crippen LogP contribution in [0.3, 0.4) is 0 Å². The maximum atomic E-state index is 6.18. The van der Waals surface area contributed by atoms with Crippen molar-refractivity contribution in [2.75, 3.05) is 0 Å². The summed E-state index contributed by atoms with van der Waals surface area (Å²) in [4.78, 5) is 0. The van der Waals surface area contributed by atoms with Gasteiger partial charge in [0.2, 0.25) is 0 Å². The van der Waals surface area contributed by atoms with Crippen LogP contribution in [-0.4, -0.2) is 6.04 Å². The van der Waals surface area contributed by atoms with Crippen molar-refractivity contribution in [1.29, 1.82) is 0 Å². The Hall–Kier alpha value is -0.820. The molecular weight excluding hydrogens is 182 g/mol. The molecule has 0 amide bonds. The molecule has 1 heteroatoms. The van der Waals surface area contributed by atoms with Gasteiger partial charge >= 0.3 is 0 Å². The molecule has 1 aromatic rings. The highest BCUT2D eigenvalue weighted by Crippen LogP contribution is 2.58. The van der Waals surface area contributed by atoms with E-state index in [0.29, 0.717) is 11.5 Å². The zero-order chi connectivity index (χ0) is 10.5. The number of hydrogen-bond donors (Lipinski definition) is 1. The first-order valence-corrected chi connectivity index (χ1v) is 6.06. The molecule has 3 rings (SSSR count). The summed E-state index contributed by atoms with van der Waals surface area (Å²) < 4.78 is 0. The summed E-state index contributed by atoms with van der Waals surface area (Å²) in [6.07, 6.45) is 5.40. The first-order chi connectivity index (χ1) is 7.23. The van der Waals surface area contributed by atoms with Crippen molar-refractivity contribution in [3.05, 3.63) is 35.4 Å². The molecule has 2 atom stereocenters. The third-order valence-corrected chi connectivity index (χ3v) is 4.48. The van der Waals surface area contributed by atoms with Crippen LogP contribution < -0.4 is 5.73 Å². The molecule has 0 radical (unpaired) electrons. The lowest BCUT2D eigenvalue weighted by Crippen LogP contribution is -2.32. The smallest absolute Gasteiger partial charge is 0.0149 e. The van der Waals surface area contributed by atoms with Crippen LogP contribution >= 0.6 is 0 Å². The minimum absolute atomic E-state index is 0.367. The fourth-order valence-electron chi connectivity index (χ4n) is 3.13. The highest BCUT2D eigenvalue weighted by molar-refractivity contribution is 5.39. The second-order valence-corrected chi connectivity index (χ2v) is 5.34. The van der Waals surface area contributed by atoms with E-state index in [4.69, 9.17) is 5.73 Å². The van der Waals surface area contributed by atoms with Gasteiger partial charge in [0.1, 0.15) is 0 Å². The van der Waals surface area contributed by atoms with E-state index in [2.05, 4.69) is 31.2 Å².